The summed E-state index contributed by atoms with van der Waals surface area (Å²) in [5, 5.41) is 0. The number of esters is 5. The predicted octanol–water partition coefficient (Wildman–Crippen LogP) is -0.201. The number of rotatable bonds is 7. The first-order chi connectivity index (χ1) is 13.0. The summed E-state index contributed by atoms with van der Waals surface area (Å²) in [6, 6.07) is 0. The molecule has 1 heterocycles. The highest BCUT2D eigenvalue weighted by molar-refractivity contribution is 5.81. The van der Waals surface area contributed by atoms with Gasteiger partial charge < -0.3 is 28.4 Å². The molecule has 0 aromatic heterocycles. The van der Waals surface area contributed by atoms with Gasteiger partial charge in [0.05, 0.1) is 0 Å². The van der Waals surface area contributed by atoms with Gasteiger partial charge in [0.25, 0.3) is 0 Å². The SMILES string of the molecule is C=CC(=O)OC1OC(COC(C)=O)C(OC(C)=O)C(OC(C)=O)C1OC(C)=O. The molecule has 5 atom stereocenters. The van der Waals surface area contributed by atoms with Gasteiger partial charge in [0.2, 0.25) is 12.4 Å². The van der Waals surface area contributed by atoms with Gasteiger partial charge in [-0.05, 0) is 0 Å². The van der Waals surface area contributed by atoms with Crippen molar-refractivity contribution in [2.24, 2.45) is 0 Å². The maximum Gasteiger partial charge on any atom is 0.332 e. The number of hydrogen-bond donors (Lipinski definition) is 0. The third-order valence-electron chi connectivity index (χ3n) is 3.35. The lowest BCUT2D eigenvalue weighted by Crippen LogP contribution is -2.63. The van der Waals surface area contributed by atoms with Crippen molar-refractivity contribution >= 4 is 29.8 Å². The van der Waals surface area contributed by atoms with E-state index in [4.69, 9.17) is 28.4 Å². The van der Waals surface area contributed by atoms with Gasteiger partial charge in [-0.25, -0.2) is 4.79 Å². The minimum Gasteiger partial charge on any atom is -0.463 e. The van der Waals surface area contributed by atoms with Crippen molar-refractivity contribution in [1.82, 2.24) is 0 Å². The molecule has 1 aliphatic rings. The fourth-order valence-corrected chi connectivity index (χ4v) is 2.45. The van der Waals surface area contributed by atoms with Crippen molar-refractivity contribution in [3.63, 3.8) is 0 Å². The van der Waals surface area contributed by atoms with E-state index < -0.39 is 67.2 Å². The zero-order valence-corrected chi connectivity index (χ0v) is 15.9. The van der Waals surface area contributed by atoms with E-state index in [1.165, 1.54) is 0 Å². The molecule has 1 saturated heterocycles. The molecule has 1 fully saturated rings. The van der Waals surface area contributed by atoms with Crippen LogP contribution in [0.2, 0.25) is 0 Å². The van der Waals surface area contributed by atoms with Gasteiger partial charge in [0.15, 0.2) is 12.2 Å². The van der Waals surface area contributed by atoms with E-state index in [1.807, 2.05) is 0 Å². The largest absolute Gasteiger partial charge is 0.463 e. The number of carbonyl (C=O) groups excluding carboxylic acids is 5. The summed E-state index contributed by atoms with van der Waals surface area (Å²) < 4.78 is 30.9. The third kappa shape index (κ3) is 6.99. The standard InChI is InChI=1S/C17H22O11/c1-6-13(22)28-17-16(26-11(5)21)15(25-10(4)20)14(24-9(3)19)12(27-17)7-23-8(2)18/h6,12,14-17H,1,7H2,2-5H3. The van der Waals surface area contributed by atoms with Crippen molar-refractivity contribution in [3.8, 4) is 0 Å². The Morgan fingerprint density at radius 1 is 0.786 bits per heavy atom. The molecule has 0 spiro atoms. The Balaban J connectivity index is 3.32. The summed E-state index contributed by atoms with van der Waals surface area (Å²) in [5.74, 6) is -3.93. The highest BCUT2D eigenvalue weighted by Gasteiger charge is 2.53. The lowest BCUT2D eigenvalue weighted by molar-refractivity contribution is -0.299. The van der Waals surface area contributed by atoms with Crippen LogP contribution in [0.4, 0.5) is 0 Å². The molecule has 0 N–H and O–H groups in total. The molecule has 0 radical (unpaired) electrons. The van der Waals surface area contributed by atoms with Gasteiger partial charge in [-0.15, -0.1) is 0 Å². The highest BCUT2D eigenvalue weighted by atomic mass is 16.7. The van der Waals surface area contributed by atoms with E-state index in [0.29, 0.717) is 0 Å². The second-order valence-electron chi connectivity index (χ2n) is 5.71. The van der Waals surface area contributed by atoms with Crippen molar-refractivity contribution in [3.05, 3.63) is 12.7 Å². The Hall–Kier alpha value is -2.95. The molecule has 11 nitrogen and oxygen atoms in total. The molecular weight excluding hydrogens is 380 g/mol. The van der Waals surface area contributed by atoms with E-state index in [2.05, 4.69) is 6.58 Å². The van der Waals surface area contributed by atoms with E-state index in [-0.39, 0.29) is 0 Å². The first-order valence-corrected chi connectivity index (χ1v) is 8.18. The third-order valence-corrected chi connectivity index (χ3v) is 3.35. The van der Waals surface area contributed by atoms with Crippen LogP contribution in [0.25, 0.3) is 0 Å². The lowest BCUT2D eigenvalue weighted by atomic mass is 9.98. The van der Waals surface area contributed by atoms with Crippen molar-refractivity contribution in [1.29, 1.82) is 0 Å². The van der Waals surface area contributed by atoms with E-state index in [9.17, 15) is 24.0 Å². The van der Waals surface area contributed by atoms with Crippen LogP contribution in [-0.4, -0.2) is 67.2 Å². The highest BCUT2D eigenvalue weighted by Crippen LogP contribution is 2.30. The summed E-state index contributed by atoms with van der Waals surface area (Å²) in [4.78, 5) is 57.4. The van der Waals surface area contributed by atoms with Gasteiger partial charge in [0, 0.05) is 33.8 Å². The van der Waals surface area contributed by atoms with Crippen molar-refractivity contribution in [2.45, 2.75) is 58.4 Å². The van der Waals surface area contributed by atoms with E-state index in [1.54, 1.807) is 0 Å². The maximum atomic E-state index is 11.6. The van der Waals surface area contributed by atoms with Crippen LogP contribution >= 0.6 is 0 Å². The summed E-state index contributed by atoms with van der Waals surface area (Å²) in [6.07, 6.45) is -6.07. The summed E-state index contributed by atoms with van der Waals surface area (Å²) in [6.45, 7) is 7.23. The fourth-order valence-electron chi connectivity index (χ4n) is 2.45. The Bertz CT molecular complexity index is 641. The van der Waals surface area contributed by atoms with Crippen molar-refractivity contribution < 1.29 is 52.4 Å². The second kappa shape index (κ2) is 10.4. The normalized spacial score (nSPS) is 26.4. The molecule has 5 unspecified atom stereocenters. The molecule has 0 amide bonds. The zero-order valence-electron chi connectivity index (χ0n) is 15.9. The molecule has 156 valence electrons. The number of ether oxygens (including phenoxy) is 6. The molecule has 0 aromatic rings. The van der Waals surface area contributed by atoms with Crippen LogP contribution in [0.5, 0.6) is 0 Å². The molecule has 11 heteroatoms. The molecule has 0 aliphatic carbocycles. The van der Waals surface area contributed by atoms with Crippen LogP contribution < -0.4 is 0 Å². The average Bonchev–Trinajstić information content (AvgIpc) is 2.57. The Labute approximate surface area is 160 Å². The van der Waals surface area contributed by atoms with Gasteiger partial charge in [-0.2, -0.15) is 0 Å². The van der Waals surface area contributed by atoms with E-state index >= 15 is 0 Å². The minimum atomic E-state index is -1.55. The zero-order chi connectivity index (χ0) is 21.4. The smallest absolute Gasteiger partial charge is 0.332 e. The lowest BCUT2D eigenvalue weighted by Gasteiger charge is -2.43. The molecule has 0 saturated carbocycles. The van der Waals surface area contributed by atoms with Crippen molar-refractivity contribution in [2.75, 3.05) is 6.61 Å². The molecule has 1 aliphatic heterocycles. The monoisotopic (exact) mass is 402 g/mol. The molecule has 0 aromatic carbocycles. The quantitative estimate of drug-likeness (QED) is 0.317. The van der Waals surface area contributed by atoms with Crippen LogP contribution in [0.3, 0.4) is 0 Å². The summed E-state index contributed by atoms with van der Waals surface area (Å²) in [7, 11) is 0. The first kappa shape index (κ1) is 23.1. The van der Waals surface area contributed by atoms with Gasteiger partial charge in [0.1, 0.15) is 12.7 Å². The van der Waals surface area contributed by atoms with Crippen LogP contribution in [0.15, 0.2) is 12.7 Å². The number of hydrogen-bond acceptors (Lipinski definition) is 11. The molecular formula is C17H22O11. The predicted molar refractivity (Wildman–Crippen MR) is 88.2 cm³/mol. The Kier molecular flexibility index (Phi) is 8.58. The Morgan fingerprint density at radius 3 is 1.75 bits per heavy atom. The topological polar surface area (TPSA) is 141 Å². The minimum absolute atomic E-state index is 0.417. The Morgan fingerprint density at radius 2 is 1.29 bits per heavy atom. The number of carbonyl (C=O) groups is 5. The first-order valence-electron chi connectivity index (χ1n) is 8.18. The van der Waals surface area contributed by atoms with Gasteiger partial charge in [-0.1, -0.05) is 6.58 Å². The summed E-state index contributed by atoms with van der Waals surface area (Å²) in [5.41, 5.74) is 0. The second-order valence-corrected chi connectivity index (χ2v) is 5.71. The molecule has 28 heavy (non-hydrogen) atoms. The van der Waals surface area contributed by atoms with Crippen LogP contribution in [0, 0.1) is 0 Å². The molecule has 0 bridgehead atoms. The van der Waals surface area contributed by atoms with Crippen LogP contribution in [0.1, 0.15) is 27.7 Å². The summed E-state index contributed by atoms with van der Waals surface area (Å²) >= 11 is 0. The van der Waals surface area contributed by atoms with Gasteiger partial charge in [-0.3, -0.25) is 19.2 Å². The van der Waals surface area contributed by atoms with E-state index in [0.717, 1.165) is 33.8 Å². The maximum absolute atomic E-state index is 11.6. The fraction of sp³-hybridized carbons (Fsp3) is 0.588. The molecule has 1 rings (SSSR count). The van der Waals surface area contributed by atoms with Crippen LogP contribution in [-0.2, 0) is 52.4 Å². The van der Waals surface area contributed by atoms with Gasteiger partial charge >= 0.3 is 29.8 Å². The average molecular weight is 402 g/mol.